The zero-order valence-electron chi connectivity index (χ0n) is 12.5. The first-order valence-corrected chi connectivity index (χ1v) is 7.61. The van der Waals surface area contributed by atoms with E-state index in [0.717, 1.165) is 5.69 Å². The molecule has 0 N–H and O–H groups in total. The molecule has 0 unspecified atom stereocenters. The van der Waals surface area contributed by atoms with E-state index in [1.54, 1.807) is 28.8 Å². The third-order valence-electron chi connectivity index (χ3n) is 3.52. The van der Waals surface area contributed by atoms with Crippen LogP contribution in [0.25, 0.3) is 16.9 Å². The molecule has 3 aromatic rings. The minimum atomic E-state index is -0.429. The van der Waals surface area contributed by atoms with Gasteiger partial charge >= 0.3 is 0 Å². The normalized spacial score (nSPS) is 10.8. The largest absolute Gasteiger partial charge is 0.497 e. The lowest BCUT2D eigenvalue weighted by Crippen LogP contribution is -2.00. The summed E-state index contributed by atoms with van der Waals surface area (Å²) in [5, 5.41) is 0.858. The summed E-state index contributed by atoms with van der Waals surface area (Å²) >= 11 is 12.2. The van der Waals surface area contributed by atoms with Gasteiger partial charge in [-0.25, -0.2) is 9.37 Å². The van der Waals surface area contributed by atoms with E-state index in [0.29, 0.717) is 27.9 Å². The number of aryl methyl sites for hydroxylation is 1. The zero-order valence-corrected chi connectivity index (χ0v) is 14.0. The summed E-state index contributed by atoms with van der Waals surface area (Å²) in [6.07, 6.45) is 0. The number of ether oxygens (including phenoxy) is 1. The molecule has 23 heavy (non-hydrogen) atoms. The van der Waals surface area contributed by atoms with Crippen molar-refractivity contribution in [2.75, 3.05) is 7.11 Å². The van der Waals surface area contributed by atoms with Crippen molar-refractivity contribution in [1.82, 2.24) is 9.55 Å². The molecule has 1 heterocycles. The monoisotopic (exact) mass is 350 g/mol. The summed E-state index contributed by atoms with van der Waals surface area (Å²) in [5.41, 5.74) is 1.65. The molecule has 1 aromatic heterocycles. The summed E-state index contributed by atoms with van der Waals surface area (Å²) < 4.78 is 21.3. The topological polar surface area (TPSA) is 27.1 Å². The van der Waals surface area contributed by atoms with Crippen LogP contribution in [0.4, 0.5) is 4.39 Å². The Bertz CT molecular complexity index is 860. The Morgan fingerprint density at radius 2 is 1.78 bits per heavy atom. The van der Waals surface area contributed by atoms with Crippen LogP contribution in [-0.2, 0) is 0 Å². The molecule has 0 spiro atoms. The highest BCUT2D eigenvalue weighted by molar-refractivity contribution is 6.32. The van der Waals surface area contributed by atoms with Crippen LogP contribution in [0.3, 0.4) is 0 Å². The molecule has 0 fully saturated rings. The maximum Gasteiger partial charge on any atom is 0.155 e. The number of aromatic nitrogens is 2. The number of hydrogen-bond acceptors (Lipinski definition) is 2. The second-order valence-corrected chi connectivity index (χ2v) is 5.75. The predicted molar refractivity (Wildman–Crippen MR) is 90.3 cm³/mol. The fraction of sp³-hybridized carbons (Fsp3) is 0.118. The predicted octanol–water partition coefficient (Wildman–Crippen LogP) is 5.30. The molecular formula is C17H13Cl2FN2O. The molecule has 0 radical (unpaired) electrons. The molecule has 0 aliphatic carbocycles. The molecule has 0 aliphatic rings. The number of hydrogen-bond donors (Lipinski definition) is 0. The van der Waals surface area contributed by atoms with Crippen molar-refractivity contribution in [3.63, 3.8) is 0 Å². The summed E-state index contributed by atoms with van der Waals surface area (Å²) in [4.78, 5) is 4.27. The molecule has 3 rings (SSSR count). The van der Waals surface area contributed by atoms with Crippen LogP contribution in [0.5, 0.6) is 5.75 Å². The Balaban J connectivity index is 2.22. The second kappa shape index (κ2) is 6.22. The molecule has 0 saturated carbocycles. The van der Waals surface area contributed by atoms with Crippen molar-refractivity contribution in [3.8, 4) is 22.7 Å². The molecule has 0 bridgehead atoms. The minimum Gasteiger partial charge on any atom is -0.497 e. The van der Waals surface area contributed by atoms with Gasteiger partial charge in [-0.3, -0.25) is 4.57 Å². The van der Waals surface area contributed by atoms with E-state index in [1.165, 1.54) is 13.2 Å². The first-order valence-electron chi connectivity index (χ1n) is 6.86. The molecule has 0 amide bonds. The highest BCUT2D eigenvalue weighted by Crippen LogP contribution is 2.34. The first-order chi connectivity index (χ1) is 11.0. The zero-order chi connectivity index (χ0) is 16.6. The van der Waals surface area contributed by atoms with Crippen LogP contribution in [0.15, 0.2) is 42.5 Å². The van der Waals surface area contributed by atoms with Gasteiger partial charge in [0.2, 0.25) is 0 Å². The number of benzene rings is 2. The molecule has 6 heteroatoms. The van der Waals surface area contributed by atoms with Gasteiger partial charge in [0.05, 0.1) is 12.8 Å². The Labute approximate surface area is 143 Å². The average Bonchev–Trinajstić information content (AvgIpc) is 2.82. The van der Waals surface area contributed by atoms with Gasteiger partial charge in [0.15, 0.2) is 5.15 Å². The Hall–Kier alpha value is -2.04. The van der Waals surface area contributed by atoms with Gasteiger partial charge < -0.3 is 4.74 Å². The number of halogens is 3. The lowest BCUT2D eigenvalue weighted by molar-refractivity contribution is 0.411. The fourth-order valence-corrected chi connectivity index (χ4v) is 2.89. The highest BCUT2D eigenvalue weighted by Gasteiger charge is 2.19. The van der Waals surface area contributed by atoms with Crippen LogP contribution in [0.1, 0.15) is 5.82 Å². The molecular weight excluding hydrogens is 338 g/mol. The van der Waals surface area contributed by atoms with Crippen molar-refractivity contribution in [2.45, 2.75) is 6.92 Å². The molecule has 0 atom stereocenters. The van der Waals surface area contributed by atoms with Crippen LogP contribution in [0, 0.1) is 12.7 Å². The number of imidazole rings is 1. The molecule has 3 nitrogen and oxygen atoms in total. The summed E-state index contributed by atoms with van der Waals surface area (Å²) in [6, 6.07) is 11.8. The summed E-state index contributed by atoms with van der Waals surface area (Å²) in [7, 11) is 1.49. The average molecular weight is 351 g/mol. The van der Waals surface area contributed by atoms with E-state index in [4.69, 9.17) is 27.9 Å². The van der Waals surface area contributed by atoms with E-state index < -0.39 is 5.82 Å². The van der Waals surface area contributed by atoms with Crippen LogP contribution in [0.2, 0.25) is 10.2 Å². The van der Waals surface area contributed by atoms with Crippen LogP contribution < -0.4 is 4.74 Å². The van der Waals surface area contributed by atoms with Gasteiger partial charge in [0, 0.05) is 22.3 Å². The molecule has 0 saturated heterocycles. The van der Waals surface area contributed by atoms with Gasteiger partial charge in [-0.15, -0.1) is 0 Å². The lowest BCUT2D eigenvalue weighted by Gasteiger charge is -2.12. The lowest BCUT2D eigenvalue weighted by atomic mass is 10.1. The van der Waals surface area contributed by atoms with Gasteiger partial charge in [0.1, 0.15) is 17.4 Å². The number of methoxy groups -OCH3 is 1. The fourth-order valence-electron chi connectivity index (χ4n) is 2.45. The smallest absolute Gasteiger partial charge is 0.155 e. The van der Waals surface area contributed by atoms with Crippen LogP contribution >= 0.6 is 23.2 Å². The number of rotatable bonds is 3. The number of nitrogens with zero attached hydrogens (tertiary/aromatic N) is 2. The van der Waals surface area contributed by atoms with E-state index in [1.807, 2.05) is 19.1 Å². The van der Waals surface area contributed by atoms with E-state index >= 15 is 0 Å². The van der Waals surface area contributed by atoms with E-state index in [-0.39, 0.29) is 5.15 Å². The summed E-state index contributed by atoms with van der Waals surface area (Å²) in [6.45, 7) is 1.81. The Morgan fingerprint density at radius 1 is 1.09 bits per heavy atom. The minimum absolute atomic E-state index is 0.238. The van der Waals surface area contributed by atoms with Crippen molar-refractivity contribution >= 4 is 23.2 Å². The first kappa shape index (κ1) is 15.8. The van der Waals surface area contributed by atoms with Gasteiger partial charge in [-0.2, -0.15) is 0 Å². The van der Waals surface area contributed by atoms with Crippen LogP contribution in [-0.4, -0.2) is 16.7 Å². The highest BCUT2D eigenvalue weighted by atomic mass is 35.5. The SMILES string of the molecule is COc1ccc(-c2c(Cl)nc(C)n2-c2ccc(Cl)cc2)c(F)c1. The van der Waals surface area contributed by atoms with Gasteiger partial charge in [0.25, 0.3) is 0 Å². The van der Waals surface area contributed by atoms with E-state index in [9.17, 15) is 4.39 Å². The molecule has 2 aromatic carbocycles. The van der Waals surface area contributed by atoms with E-state index in [2.05, 4.69) is 4.98 Å². The Kier molecular flexibility index (Phi) is 4.28. The van der Waals surface area contributed by atoms with Gasteiger partial charge in [-0.05, 0) is 43.3 Å². The summed E-state index contributed by atoms with van der Waals surface area (Å²) in [5.74, 6) is 0.667. The third kappa shape index (κ3) is 2.92. The van der Waals surface area contributed by atoms with Crippen molar-refractivity contribution < 1.29 is 9.13 Å². The van der Waals surface area contributed by atoms with Crippen molar-refractivity contribution in [3.05, 3.63) is 64.3 Å². The molecule has 118 valence electrons. The third-order valence-corrected chi connectivity index (χ3v) is 4.03. The maximum absolute atomic E-state index is 14.5. The quantitative estimate of drug-likeness (QED) is 0.640. The second-order valence-electron chi connectivity index (χ2n) is 4.96. The molecule has 0 aliphatic heterocycles. The van der Waals surface area contributed by atoms with Crippen molar-refractivity contribution in [1.29, 1.82) is 0 Å². The van der Waals surface area contributed by atoms with Crippen molar-refractivity contribution in [2.24, 2.45) is 0 Å². The Morgan fingerprint density at radius 3 is 2.39 bits per heavy atom. The standard InChI is InChI=1S/C17H13Cl2FN2O/c1-10-21-17(19)16(14-8-7-13(23-2)9-15(14)20)22(10)12-5-3-11(18)4-6-12/h3-9H,1-2H3. The maximum atomic E-state index is 14.5. The van der Waals surface area contributed by atoms with Gasteiger partial charge in [-0.1, -0.05) is 23.2 Å².